The number of ether oxygens (including phenoxy) is 2. The molecule has 2 aromatic carbocycles. The highest BCUT2D eigenvalue weighted by molar-refractivity contribution is 5.79. The number of benzene rings is 2. The largest absolute Gasteiger partial charge is 0.490 e. The number of aliphatic hydroxyl groups is 1. The lowest BCUT2D eigenvalue weighted by Gasteiger charge is -2.22. The molecule has 130 valence electrons. The average Bonchev–Trinajstić information content (AvgIpc) is 2.66. The van der Waals surface area contributed by atoms with Gasteiger partial charge in [0.1, 0.15) is 24.9 Å². The normalized spacial score (nSPS) is 12.7. The smallest absolute Gasteiger partial charge is 0.316 e. The SMILES string of the molecule is C=CCOC(=O)C(c1ccc(OCC=C)cc1)C(O)c1ccccc1. The van der Waals surface area contributed by atoms with Crippen LogP contribution in [0.4, 0.5) is 0 Å². The number of hydrogen-bond donors (Lipinski definition) is 1. The second-order valence-electron chi connectivity index (χ2n) is 5.42. The Morgan fingerprint density at radius 1 is 0.960 bits per heavy atom. The van der Waals surface area contributed by atoms with Gasteiger partial charge in [0.15, 0.2) is 0 Å². The molecular weight excluding hydrogens is 316 g/mol. The van der Waals surface area contributed by atoms with E-state index in [2.05, 4.69) is 13.2 Å². The Labute approximate surface area is 148 Å². The van der Waals surface area contributed by atoms with E-state index in [1.807, 2.05) is 18.2 Å². The van der Waals surface area contributed by atoms with Gasteiger partial charge < -0.3 is 14.6 Å². The van der Waals surface area contributed by atoms with Gasteiger partial charge >= 0.3 is 5.97 Å². The van der Waals surface area contributed by atoms with Crippen LogP contribution in [0.25, 0.3) is 0 Å². The van der Waals surface area contributed by atoms with Crippen molar-refractivity contribution in [3.8, 4) is 5.75 Å². The van der Waals surface area contributed by atoms with Gasteiger partial charge in [-0.25, -0.2) is 0 Å². The fraction of sp³-hybridized carbons (Fsp3) is 0.190. The number of carbonyl (C=O) groups is 1. The third kappa shape index (κ3) is 5.06. The molecule has 0 aliphatic heterocycles. The molecule has 0 aromatic heterocycles. The third-order valence-electron chi connectivity index (χ3n) is 3.66. The van der Waals surface area contributed by atoms with E-state index in [9.17, 15) is 9.90 Å². The predicted octanol–water partition coefficient (Wildman–Crippen LogP) is 3.80. The van der Waals surface area contributed by atoms with Crippen LogP contribution >= 0.6 is 0 Å². The molecule has 2 unspecified atom stereocenters. The molecule has 1 N–H and O–H groups in total. The van der Waals surface area contributed by atoms with Gasteiger partial charge in [0, 0.05) is 0 Å². The zero-order chi connectivity index (χ0) is 18.1. The standard InChI is InChI=1S/C21H22O4/c1-3-14-24-18-12-10-16(11-13-18)19(21(23)25-15-4-2)20(22)17-8-6-5-7-9-17/h3-13,19-20,22H,1-2,14-15H2. The van der Waals surface area contributed by atoms with E-state index in [4.69, 9.17) is 9.47 Å². The molecule has 4 heteroatoms. The monoisotopic (exact) mass is 338 g/mol. The first-order chi connectivity index (χ1) is 12.2. The Morgan fingerprint density at radius 2 is 1.60 bits per heavy atom. The zero-order valence-electron chi connectivity index (χ0n) is 14.0. The van der Waals surface area contributed by atoms with Crippen molar-refractivity contribution in [3.63, 3.8) is 0 Å². The summed E-state index contributed by atoms with van der Waals surface area (Å²) in [5.74, 6) is -0.678. The third-order valence-corrected chi connectivity index (χ3v) is 3.66. The summed E-state index contributed by atoms with van der Waals surface area (Å²) in [5, 5.41) is 10.7. The van der Waals surface area contributed by atoms with E-state index >= 15 is 0 Å². The van der Waals surface area contributed by atoms with Gasteiger partial charge in [-0.3, -0.25) is 4.79 Å². The highest BCUT2D eigenvalue weighted by Crippen LogP contribution is 2.33. The van der Waals surface area contributed by atoms with Crippen LogP contribution in [0.1, 0.15) is 23.1 Å². The van der Waals surface area contributed by atoms with E-state index in [-0.39, 0.29) is 6.61 Å². The predicted molar refractivity (Wildman–Crippen MR) is 97.4 cm³/mol. The lowest BCUT2D eigenvalue weighted by atomic mass is 9.89. The lowest BCUT2D eigenvalue weighted by molar-refractivity contribution is -0.147. The highest BCUT2D eigenvalue weighted by Gasteiger charge is 2.31. The Kier molecular flexibility index (Phi) is 6.99. The molecule has 0 radical (unpaired) electrons. The van der Waals surface area contributed by atoms with Crippen LogP contribution in [0.2, 0.25) is 0 Å². The van der Waals surface area contributed by atoms with Crippen molar-refractivity contribution < 1.29 is 19.4 Å². The maximum Gasteiger partial charge on any atom is 0.316 e. The topological polar surface area (TPSA) is 55.8 Å². The van der Waals surface area contributed by atoms with E-state index in [0.717, 1.165) is 0 Å². The van der Waals surface area contributed by atoms with Crippen molar-refractivity contribution in [2.75, 3.05) is 13.2 Å². The number of esters is 1. The van der Waals surface area contributed by atoms with E-state index in [1.54, 1.807) is 42.5 Å². The first-order valence-corrected chi connectivity index (χ1v) is 8.01. The summed E-state index contributed by atoms with van der Waals surface area (Å²) < 4.78 is 10.6. The van der Waals surface area contributed by atoms with Gasteiger partial charge in [0.2, 0.25) is 0 Å². The summed E-state index contributed by atoms with van der Waals surface area (Å²) in [6.45, 7) is 7.64. The van der Waals surface area contributed by atoms with Gasteiger partial charge in [-0.1, -0.05) is 67.8 Å². The van der Waals surface area contributed by atoms with Crippen LogP contribution in [0.5, 0.6) is 5.75 Å². The molecule has 2 atom stereocenters. The minimum atomic E-state index is -1.02. The fourth-order valence-corrected chi connectivity index (χ4v) is 2.45. The highest BCUT2D eigenvalue weighted by atomic mass is 16.5. The second-order valence-corrected chi connectivity index (χ2v) is 5.42. The van der Waals surface area contributed by atoms with Gasteiger partial charge in [-0.2, -0.15) is 0 Å². The van der Waals surface area contributed by atoms with Crippen LogP contribution in [0.15, 0.2) is 79.9 Å². The summed E-state index contributed by atoms with van der Waals surface area (Å²) in [7, 11) is 0. The van der Waals surface area contributed by atoms with Gasteiger partial charge in [-0.05, 0) is 23.3 Å². The van der Waals surface area contributed by atoms with Crippen molar-refractivity contribution in [3.05, 3.63) is 91.0 Å². The van der Waals surface area contributed by atoms with Crippen LogP contribution < -0.4 is 4.74 Å². The molecular formula is C21H22O4. The van der Waals surface area contributed by atoms with Crippen molar-refractivity contribution in [1.29, 1.82) is 0 Å². The molecule has 2 aromatic rings. The summed E-state index contributed by atoms with van der Waals surface area (Å²) in [4.78, 5) is 12.5. The quantitative estimate of drug-likeness (QED) is 0.558. The van der Waals surface area contributed by atoms with Gasteiger partial charge in [0.05, 0.1) is 6.10 Å². The molecule has 0 heterocycles. The molecule has 0 aliphatic rings. The summed E-state index contributed by atoms with van der Waals surface area (Å²) in [6, 6.07) is 16.1. The Balaban J connectivity index is 2.28. The second kappa shape index (κ2) is 9.45. The van der Waals surface area contributed by atoms with Crippen LogP contribution in [0.3, 0.4) is 0 Å². The molecule has 0 saturated carbocycles. The molecule has 0 spiro atoms. The first kappa shape index (κ1) is 18.5. The van der Waals surface area contributed by atoms with Crippen molar-refractivity contribution in [2.45, 2.75) is 12.0 Å². The fourth-order valence-electron chi connectivity index (χ4n) is 2.45. The Morgan fingerprint density at radius 3 is 2.20 bits per heavy atom. The van der Waals surface area contributed by atoms with Crippen molar-refractivity contribution >= 4 is 5.97 Å². The number of hydrogen-bond acceptors (Lipinski definition) is 4. The first-order valence-electron chi connectivity index (χ1n) is 8.01. The van der Waals surface area contributed by atoms with E-state index in [0.29, 0.717) is 23.5 Å². The van der Waals surface area contributed by atoms with Crippen molar-refractivity contribution in [1.82, 2.24) is 0 Å². The minimum absolute atomic E-state index is 0.0946. The summed E-state index contributed by atoms with van der Waals surface area (Å²) in [6.07, 6.45) is 2.14. The van der Waals surface area contributed by atoms with Crippen LogP contribution in [-0.2, 0) is 9.53 Å². The molecule has 0 fully saturated rings. The maximum absolute atomic E-state index is 12.5. The van der Waals surface area contributed by atoms with E-state index in [1.165, 1.54) is 6.08 Å². The number of rotatable bonds is 9. The average molecular weight is 338 g/mol. The molecule has 0 amide bonds. The number of aliphatic hydroxyl groups excluding tert-OH is 1. The maximum atomic E-state index is 12.5. The van der Waals surface area contributed by atoms with Crippen LogP contribution in [0, 0.1) is 0 Å². The molecule has 2 rings (SSSR count). The molecule has 4 nitrogen and oxygen atoms in total. The zero-order valence-corrected chi connectivity index (χ0v) is 14.0. The Bertz CT molecular complexity index is 692. The molecule has 0 saturated heterocycles. The molecule has 0 bridgehead atoms. The minimum Gasteiger partial charge on any atom is -0.490 e. The Hall–Kier alpha value is -2.85. The molecule has 25 heavy (non-hydrogen) atoms. The van der Waals surface area contributed by atoms with Gasteiger partial charge in [-0.15, -0.1) is 0 Å². The number of carbonyl (C=O) groups excluding carboxylic acids is 1. The van der Waals surface area contributed by atoms with Crippen molar-refractivity contribution in [2.24, 2.45) is 0 Å². The summed E-state index contributed by atoms with van der Waals surface area (Å²) in [5.41, 5.74) is 1.30. The van der Waals surface area contributed by atoms with E-state index < -0.39 is 18.0 Å². The summed E-state index contributed by atoms with van der Waals surface area (Å²) >= 11 is 0. The lowest BCUT2D eigenvalue weighted by Crippen LogP contribution is -2.23. The van der Waals surface area contributed by atoms with Crippen LogP contribution in [-0.4, -0.2) is 24.3 Å². The molecule has 0 aliphatic carbocycles. The van der Waals surface area contributed by atoms with Gasteiger partial charge in [0.25, 0.3) is 0 Å².